The van der Waals surface area contributed by atoms with Gasteiger partial charge in [0.05, 0.1) is 22.7 Å². The molecule has 3 rings (SSSR count). The molecule has 2 amide bonds. The first kappa shape index (κ1) is 23.4. The Bertz CT molecular complexity index is 1090. The summed E-state index contributed by atoms with van der Waals surface area (Å²) in [6, 6.07) is 11.3. The van der Waals surface area contributed by atoms with Gasteiger partial charge in [0.15, 0.2) is 11.5 Å². The lowest BCUT2D eigenvalue weighted by molar-refractivity contribution is -0.114. The van der Waals surface area contributed by atoms with Gasteiger partial charge in [-0.05, 0) is 37.6 Å². The number of amides is 2. The van der Waals surface area contributed by atoms with E-state index in [0.717, 1.165) is 17.1 Å². The van der Waals surface area contributed by atoms with Crippen molar-refractivity contribution in [3.63, 3.8) is 0 Å². The van der Waals surface area contributed by atoms with Gasteiger partial charge >= 0.3 is 0 Å². The summed E-state index contributed by atoms with van der Waals surface area (Å²) in [5, 5.41) is 5.48. The summed E-state index contributed by atoms with van der Waals surface area (Å²) < 4.78 is 37.1. The molecule has 0 saturated heterocycles. The minimum Gasteiger partial charge on any atom is -0.454 e. The van der Waals surface area contributed by atoms with Crippen molar-refractivity contribution < 1.29 is 27.5 Å². The molecule has 10 heteroatoms. The molecule has 0 bridgehead atoms. The van der Waals surface area contributed by atoms with Crippen molar-refractivity contribution in [1.82, 2.24) is 5.32 Å². The third kappa shape index (κ3) is 5.50. The maximum Gasteiger partial charge on any atom is 0.253 e. The summed E-state index contributed by atoms with van der Waals surface area (Å²) in [6.45, 7) is 3.66. The molecule has 0 saturated carbocycles. The molecular weight excluding hydrogens is 434 g/mol. The molecule has 0 atom stereocenters. The molecule has 2 N–H and O–H groups in total. The number of nitrogens with zero attached hydrogens (tertiary/aromatic N) is 1. The van der Waals surface area contributed by atoms with Crippen LogP contribution in [-0.2, 0) is 14.8 Å². The highest BCUT2D eigenvalue weighted by atomic mass is 32.2. The van der Waals surface area contributed by atoms with Gasteiger partial charge in [-0.2, -0.15) is 0 Å². The fraction of sp³-hybridized carbons (Fsp3) is 0.364. The van der Waals surface area contributed by atoms with Crippen LogP contribution >= 0.6 is 0 Å². The summed E-state index contributed by atoms with van der Waals surface area (Å²) >= 11 is 0. The van der Waals surface area contributed by atoms with Crippen molar-refractivity contribution in [3.8, 4) is 11.5 Å². The van der Waals surface area contributed by atoms with E-state index in [0.29, 0.717) is 29.3 Å². The Balaban J connectivity index is 1.79. The molecule has 0 aliphatic carbocycles. The molecule has 0 unspecified atom stereocenters. The summed E-state index contributed by atoms with van der Waals surface area (Å²) in [7, 11) is -3.76. The molecular formula is C22H27N3O6S. The molecule has 1 heterocycles. The quantitative estimate of drug-likeness (QED) is 0.526. The maximum absolute atomic E-state index is 12.8. The molecule has 172 valence electrons. The van der Waals surface area contributed by atoms with Gasteiger partial charge in [-0.15, -0.1) is 0 Å². The largest absolute Gasteiger partial charge is 0.454 e. The number of anilines is 2. The monoisotopic (exact) mass is 461 g/mol. The second-order valence-corrected chi connectivity index (χ2v) is 9.33. The number of benzene rings is 2. The van der Waals surface area contributed by atoms with Gasteiger partial charge in [0.1, 0.15) is 6.54 Å². The van der Waals surface area contributed by atoms with Crippen LogP contribution in [0.5, 0.6) is 11.5 Å². The topological polar surface area (TPSA) is 114 Å². The number of carbonyl (C=O) groups excluding carboxylic acids is 2. The van der Waals surface area contributed by atoms with Crippen LogP contribution in [0, 0.1) is 0 Å². The second-order valence-electron chi connectivity index (χ2n) is 7.15. The van der Waals surface area contributed by atoms with Gasteiger partial charge in [-0.3, -0.25) is 13.9 Å². The van der Waals surface area contributed by atoms with E-state index in [2.05, 4.69) is 10.6 Å². The van der Waals surface area contributed by atoms with Gasteiger partial charge in [0.2, 0.25) is 22.7 Å². The van der Waals surface area contributed by atoms with E-state index in [9.17, 15) is 18.0 Å². The predicted molar refractivity (Wildman–Crippen MR) is 122 cm³/mol. The number of hydrogen-bond acceptors (Lipinski definition) is 6. The molecule has 0 fully saturated rings. The molecule has 1 aliphatic rings. The molecule has 32 heavy (non-hydrogen) atoms. The predicted octanol–water partition coefficient (Wildman–Crippen LogP) is 2.74. The highest BCUT2D eigenvalue weighted by molar-refractivity contribution is 7.92. The fourth-order valence-electron chi connectivity index (χ4n) is 3.13. The van der Waals surface area contributed by atoms with E-state index in [1.54, 1.807) is 36.4 Å². The summed E-state index contributed by atoms with van der Waals surface area (Å²) in [6.07, 6.45) is 1.79. The van der Waals surface area contributed by atoms with E-state index >= 15 is 0 Å². The third-order valence-corrected chi connectivity index (χ3v) is 6.63. The number of hydrogen-bond donors (Lipinski definition) is 2. The van der Waals surface area contributed by atoms with E-state index in [-0.39, 0.29) is 24.1 Å². The minimum atomic E-state index is -3.76. The highest BCUT2D eigenvalue weighted by Gasteiger charge is 2.26. The van der Waals surface area contributed by atoms with Crippen LogP contribution in [0.15, 0.2) is 42.5 Å². The Morgan fingerprint density at radius 1 is 1.06 bits per heavy atom. The Morgan fingerprint density at radius 3 is 2.56 bits per heavy atom. The number of carbonyl (C=O) groups is 2. The summed E-state index contributed by atoms with van der Waals surface area (Å²) in [5.41, 5.74) is 0.910. The first-order valence-electron chi connectivity index (χ1n) is 10.4. The summed E-state index contributed by atoms with van der Waals surface area (Å²) in [5.74, 6) is -0.148. The van der Waals surface area contributed by atoms with E-state index in [4.69, 9.17) is 9.47 Å². The minimum absolute atomic E-state index is 0.0525. The first-order valence-corrected chi connectivity index (χ1v) is 12.0. The van der Waals surface area contributed by atoms with Crippen LogP contribution in [0.4, 0.5) is 11.4 Å². The van der Waals surface area contributed by atoms with Crippen LogP contribution < -0.4 is 24.4 Å². The Hall–Kier alpha value is -3.27. The van der Waals surface area contributed by atoms with Gasteiger partial charge in [-0.25, -0.2) is 8.42 Å². The average molecular weight is 462 g/mol. The van der Waals surface area contributed by atoms with E-state index in [1.165, 1.54) is 13.0 Å². The number of sulfonamides is 1. The van der Waals surface area contributed by atoms with Crippen LogP contribution in [-0.4, -0.2) is 45.9 Å². The molecule has 2 aromatic rings. The highest BCUT2D eigenvalue weighted by Crippen LogP contribution is 2.36. The Labute approximate surface area is 187 Å². The Kier molecular flexibility index (Phi) is 7.57. The van der Waals surface area contributed by atoms with Crippen LogP contribution in [0.2, 0.25) is 0 Å². The van der Waals surface area contributed by atoms with E-state index in [1.807, 2.05) is 6.92 Å². The Morgan fingerprint density at radius 2 is 1.81 bits per heavy atom. The number of unbranched alkanes of at least 4 members (excludes halogenated alkanes) is 1. The second kappa shape index (κ2) is 10.4. The van der Waals surface area contributed by atoms with Gasteiger partial charge in [0.25, 0.3) is 5.91 Å². The number of para-hydroxylation sites is 1. The standard InChI is InChI=1S/C22H27N3O6S/c1-3-5-12-23-22(27)17-8-6-7-9-18(17)24-21(26)14-25(32(28,29)4-2)16-10-11-19-20(13-16)31-15-30-19/h6-11,13H,3-5,12,14-15H2,1-2H3,(H,23,27)(H,24,26). The van der Waals surface area contributed by atoms with Crippen molar-refractivity contribution in [1.29, 1.82) is 0 Å². The van der Waals surface area contributed by atoms with Crippen molar-refractivity contribution in [2.24, 2.45) is 0 Å². The lowest BCUT2D eigenvalue weighted by atomic mass is 10.1. The van der Waals surface area contributed by atoms with Gasteiger partial charge < -0.3 is 20.1 Å². The van der Waals surface area contributed by atoms with Gasteiger partial charge in [-0.1, -0.05) is 25.5 Å². The smallest absolute Gasteiger partial charge is 0.253 e. The lowest BCUT2D eigenvalue weighted by Crippen LogP contribution is -2.39. The fourth-order valence-corrected chi connectivity index (χ4v) is 4.19. The number of fused-ring (bicyclic) bond motifs is 1. The molecule has 9 nitrogen and oxygen atoms in total. The van der Waals surface area contributed by atoms with Crippen molar-refractivity contribution in [3.05, 3.63) is 48.0 Å². The molecule has 1 aliphatic heterocycles. The zero-order valence-corrected chi connectivity index (χ0v) is 18.9. The van der Waals surface area contributed by atoms with Crippen molar-refractivity contribution in [2.75, 3.05) is 35.3 Å². The zero-order valence-electron chi connectivity index (χ0n) is 18.1. The molecule has 0 spiro atoms. The number of nitrogens with one attached hydrogen (secondary N) is 2. The maximum atomic E-state index is 12.8. The molecule has 0 radical (unpaired) electrons. The third-order valence-electron chi connectivity index (χ3n) is 4.89. The first-order chi connectivity index (χ1) is 15.4. The number of rotatable bonds is 10. The van der Waals surface area contributed by atoms with Crippen LogP contribution in [0.25, 0.3) is 0 Å². The summed E-state index contributed by atoms with van der Waals surface area (Å²) in [4.78, 5) is 25.3. The lowest BCUT2D eigenvalue weighted by Gasteiger charge is -2.23. The van der Waals surface area contributed by atoms with E-state index < -0.39 is 22.5 Å². The molecule has 0 aromatic heterocycles. The van der Waals surface area contributed by atoms with Crippen LogP contribution in [0.1, 0.15) is 37.0 Å². The molecule has 2 aromatic carbocycles. The SMILES string of the molecule is CCCCNC(=O)c1ccccc1NC(=O)CN(c1ccc2c(c1)OCO2)S(=O)(=O)CC. The normalized spacial score (nSPS) is 12.3. The zero-order chi connectivity index (χ0) is 23.1. The number of ether oxygens (including phenoxy) is 2. The van der Waals surface area contributed by atoms with Crippen LogP contribution in [0.3, 0.4) is 0 Å². The van der Waals surface area contributed by atoms with Crippen molar-refractivity contribution >= 4 is 33.2 Å². The average Bonchev–Trinajstić information content (AvgIpc) is 3.25. The van der Waals surface area contributed by atoms with Gasteiger partial charge in [0, 0.05) is 12.6 Å². The van der Waals surface area contributed by atoms with Crippen molar-refractivity contribution in [2.45, 2.75) is 26.7 Å².